The topological polar surface area (TPSA) is 58.6 Å². The summed E-state index contributed by atoms with van der Waals surface area (Å²) in [5, 5.41) is 13.4. The monoisotopic (exact) mass is 421 g/mol. The quantitative estimate of drug-likeness (QED) is 0.486. The maximum Gasteiger partial charge on any atom is 0.416 e. The molecule has 2 N–H and O–H groups in total. The molecule has 0 saturated carbocycles. The van der Waals surface area contributed by atoms with Crippen molar-refractivity contribution >= 4 is 11.5 Å². The first kappa shape index (κ1) is 23.6. The molecule has 0 aliphatic rings. The van der Waals surface area contributed by atoms with Gasteiger partial charge in [0, 0.05) is 18.7 Å². The number of aliphatic hydroxyl groups is 1. The van der Waals surface area contributed by atoms with E-state index in [1.54, 1.807) is 0 Å². The van der Waals surface area contributed by atoms with Crippen LogP contribution in [0.15, 0.2) is 54.6 Å². The Balaban J connectivity index is 1.91. The lowest BCUT2D eigenvalue weighted by Gasteiger charge is -2.18. The number of hydrogen-bond donors (Lipinski definition) is 2. The molecule has 162 valence electrons. The Bertz CT molecular complexity index is 876. The van der Waals surface area contributed by atoms with Gasteiger partial charge >= 0.3 is 12.1 Å². The number of aliphatic hydroxyl groups excluding tert-OH is 1. The predicted molar refractivity (Wildman–Crippen MR) is 110 cm³/mol. The molecule has 2 atom stereocenters. The molecule has 1 unspecified atom stereocenters. The molecule has 2 rings (SSSR count). The van der Waals surface area contributed by atoms with E-state index in [1.165, 1.54) is 25.3 Å². The fourth-order valence-electron chi connectivity index (χ4n) is 3.00. The van der Waals surface area contributed by atoms with E-state index in [0.717, 1.165) is 28.8 Å². The van der Waals surface area contributed by atoms with Crippen LogP contribution in [0.4, 0.5) is 13.2 Å². The molecule has 0 spiro atoms. The van der Waals surface area contributed by atoms with Crippen LogP contribution in [0.25, 0.3) is 5.57 Å². The summed E-state index contributed by atoms with van der Waals surface area (Å²) in [5.74, 6) is -0.409. The van der Waals surface area contributed by atoms with Crippen LogP contribution >= 0.6 is 0 Å². The van der Waals surface area contributed by atoms with E-state index in [0.29, 0.717) is 6.42 Å². The highest BCUT2D eigenvalue weighted by Crippen LogP contribution is 2.30. The fourth-order valence-corrected chi connectivity index (χ4v) is 3.00. The minimum atomic E-state index is -4.44. The van der Waals surface area contributed by atoms with E-state index < -0.39 is 23.8 Å². The van der Waals surface area contributed by atoms with Crippen LogP contribution in [0.2, 0.25) is 0 Å². The number of nitrogens with one attached hydrogen (secondary N) is 1. The molecule has 2 aromatic carbocycles. The molecule has 0 radical (unpaired) electrons. The minimum absolute atomic E-state index is 0.00278. The molecule has 2 aromatic rings. The number of esters is 1. The second kappa shape index (κ2) is 10.4. The summed E-state index contributed by atoms with van der Waals surface area (Å²) in [5.41, 5.74) is 2.21. The Hall–Kier alpha value is -2.64. The van der Waals surface area contributed by atoms with Crippen LogP contribution in [0.5, 0.6) is 0 Å². The molecular weight excluding hydrogens is 395 g/mol. The summed E-state index contributed by atoms with van der Waals surface area (Å²) in [6, 6.07) is 12.5. The highest BCUT2D eigenvalue weighted by atomic mass is 19.4. The first-order chi connectivity index (χ1) is 14.1. The largest absolute Gasteiger partial charge is 0.466 e. The number of hydrogen-bond acceptors (Lipinski definition) is 4. The van der Waals surface area contributed by atoms with E-state index >= 15 is 0 Å². The summed E-state index contributed by atoms with van der Waals surface area (Å²) in [6.07, 6.45) is -3.38. The van der Waals surface area contributed by atoms with Gasteiger partial charge in [-0.15, -0.1) is 0 Å². The Morgan fingerprint density at radius 1 is 1.20 bits per heavy atom. The van der Waals surface area contributed by atoms with Crippen molar-refractivity contribution in [1.29, 1.82) is 0 Å². The van der Waals surface area contributed by atoms with Gasteiger partial charge in [0.1, 0.15) is 0 Å². The zero-order valence-corrected chi connectivity index (χ0v) is 17.2. The van der Waals surface area contributed by atoms with Gasteiger partial charge in [0.2, 0.25) is 0 Å². The molecule has 0 bridgehead atoms. The number of allylic oxidation sites excluding steroid dienone is 1. The number of carbonyl (C=O) groups excluding carboxylic acids is 1. The lowest BCUT2D eigenvalue weighted by Crippen LogP contribution is -2.32. The summed E-state index contributed by atoms with van der Waals surface area (Å²) in [6.45, 7) is 3.90. The third-order valence-corrected chi connectivity index (χ3v) is 4.75. The maximum atomic E-state index is 12.8. The van der Waals surface area contributed by atoms with Gasteiger partial charge in [0.25, 0.3) is 0 Å². The predicted octanol–water partition coefficient (Wildman–Crippen LogP) is 4.54. The van der Waals surface area contributed by atoms with Gasteiger partial charge in [0.15, 0.2) is 0 Å². The zero-order valence-electron chi connectivity index (χ0n) is 17.2. The number of halogens is 3. The van der Waals surface area contributed by atoms with Gasteiger partial charge in [0.05, 0.1) is 18.8 Å². The Labute approximate surface area is 174 Å². The molecular formula is C23H26F3NO3. The van der Waals surface area contributed by atoms with E-state index in [2.05, 4.69) is 10.1 Å². The van der Waals surface area contributed by atoms with Crippen molar-refractivity contribution in [2.75, 3.05) is 13.7 Å². The van der Waals surface area contributed by atoms with Crippen LogP contribution in [-0.4, -0.2) is 30.8 Å². The van der Waals surface area contributed by atoms with Crippen LogP contribution in [0, 0.1) is 0 Å². The highest BCUT2D eigenvalue weighted by molar-refractivity contribution is 5.90. The average Bonchev–Trinajstić information content (AvgIpc) is 2.71. The summed E-state index contributed by atoms with van der Waals surface area (Å²) >= 11 is 0. The minimum Gasteiger partial charge on any atom is -0.466 e. The number of methoxy groups -OCH3 is 1. The van der Waals surface area contributed by atoms with E-state index in [9.17, 15) is 23.1 Å². The molecule has 4 nitrogen and oxygen atoms in total. The van der Waals surface area contributed by atoms with Crippen molar-refractivity contribution in [1.82, 2.24) is 5.32 Å². The van der Waals surface area contributed by atoms with Crippen molar-refractivity contribution in [3.8, 4) is 0 Å². The van der Waals surface area contributed by atoms with Gasteiger partial charge in [-0.25, -0.2) is 4.79 Å². The number of benzene rings is 2. The Kier molecular flexibility index (Phi) is 8.20. The molecule has 0 fully saturated rings. The summed E-state index contributed by atoms with van der Waals surface area (Å²) in [4.78, 5) is 11.3. The summed E-state index contributed by atoms with van der Waals surface area (Å²) in [7, 11) is 1.33. The zero-order chi connectivity index (χ0) is 22.3. The Morgan fingerprint density at radius 3 is 2.47 bits per heavy atom. The van der Waals surface area contributed by atoms with Gasteiger partial charge in [-0.3, -0.25) is 0 Å². The second-order valence-corrected chi connectivity index (χ2v) is 7.20. The van der Waals surface area contributed by atoms with E-state index in [4.69, 9.17) is 0 Å². The summed E-state index contributed by atoms with van der Waals surface area (Å²) < 4.78 is 43.1. The highest BCUT2D eigenvalue weighted by Gasteiger charge is 2.30. The molecule has 0 aliphatic heterocycles. The van der Waals surface area contributed by atoms with Crippen LogP contribution < -0.4 is 5.32 Å². The second-order valence-electron chi connectivity index (χ2n) is 7.20. The number of alkyl halides is 3. The van der Waals surface area contributed by atoms with Crippen molar-refractivity contribution in [2.24, 2.45) is 0 Å². The molecule has 30 heavy (non-hydrogen) atoms. The SMILES string of the molecule is COC(=O)C=C(C)c1ccc(C[C@@H](C)NCC(O)c2cccc(C(F)(F)F)c2)cc1. The van der Waals surface area contributed by atoms with Gasteiger partial charge in [-0.2, -0.15) is 13.2 Å². The van der Waals surface area contributed by atoms with Crippen LogP contribution in [0.1, 0.15) is 42.2 Å². The molecule has 0 heterocycles. The molecule has 0 saturated heterocycles. The normalized spacial score (nSPS) is 14.3. The third-order valence-electron chi connectivity index (χ3n) is 4.75. The fraction of sp³-hybridized carbons (Fsp3) is 0.348. The average molecular weight is 421 g/mol. The lowest BCUT2D eigenvalue weighted by molar-refractivity contribution is -0.137. The van der Waals surface area contributed by atoms with E-state index in [1.807, 2.05) is 38.1 Å². The molecule has 0 aromatic heterocycles. The van der Waals surface area contributed by atoms with Crippen molar-refractivity contribution in [2.45, 2.75) is 38.6 Å². The Morgan fingerprint density at radius 2 is 1.87 bits per heavy atom. The number of carbonyl (C=O) groups is 1. The van der Waals surface area contributed by atoms with Gasteiger partial charge in [-0.05, 0) is 54.7 Å². The van der Waals surface area contributed by atoms with Crippen molar-refractivity contribution in [3.05, 3.63) is 76.9 Å². The van der Waals surface area contributed by atoms with E-state index in [-0.39, 0.29) is 18.2 Å². The maximum absolute atomic E-state index is 12.8. The van der Waals surface area contributed by atoms with Crippen LogP contribution in [-0.2, 0) is 22.1 Å². The number of ether oxygens (including phenoxy) is 1. The standard InChI is InChI=1S/C23H26F3NO3/c1-15(11-22(29)30-3)18-9-7-17(8-10-18)12-16(2)27-14-21(28)19-5-4-6-20(13-19)23(24,25)26/h4-11,13,16,21,27-28H,12,14H2,1-3H3/t16-,21?/m1/s1. The van der Waals surface area contributed by atoms with Crippen molar-refractivity contribution < 1.29 is 27.8 Å². The number of rotatable bonds is 8. The first-order valence-corrected chi connectivity index (χ1v) is 9.54. The van der Waals surface area contributed by atoms with Gasteiger partial charge < -0.3 is 15.2 Å². The lowest BCUT2D eigenvalue weighted by atomic mass is 10.0. The molecule has 7 heteroatoms. The van der Waals surface area contributed by atoms with Crippen LogP contribution in [0.3, 0.4) is 0 Å². The first-order valence-electron chi connectivity index (χ1n) is 9.54. The molecule has 0 aliphatic carbocycles. The van der Waals surface area contributed by atoms with Gasteiger partial charge in [-0.1, -0.05) is 36.4 Å². The molecule has 0 amide bonds. The third kappa shape index (κ3) is 7.00. The van der Waals surface area contributed by atoms with Crippen molar-refractivity contribution in [3.63, 3.8) is 0 Å². The smallest absolute Gasteiger partial charge is 0.416 e.